The first-order chi connectivity index (χ1) is 5.52. The molecule has 1 aromatic heterocycles. The van der Waals surface area contributed by atoms with Crippen LogP contribution in [0.3, 0.4) is 0 Å². The van der Waals surface area contributed by atoms with Crippen LogP contribution in [0.15, 0.2) is 10.9 Å². The van der Waals surface area contributed by atoms with Gasteiger partial charge in [-0.2, -0.15) is 0 Å². The van der Waals surface area contributed by atoms with E-state index in [-0.39, 0.29) is 10.2 Å². The van der Waals surface area contributed by atoms with Gasteiger partial charge in [-0.05, 0) is 0 Å². The minimum Gasteiger partial charge on any atom is -0.477 e. The summed E-state index contributed by atoms with van der Waals surface area (Å²) in [7, 11) is 0. The smallest absolute Gasteiger partial charge is 0.354 e. The second-order valence-electron chi connectivity index (χ2n) is 1.98. The summed E-state index contributed by atoms with van der Waals surface area (Å²) in [5.41, 5.74) is -1.01. The molecule has 0 fully saturated rings. The van der Waals surface area contributed by atoms with E-state index >= 15 is 0 Å². The zero-order valence-electron chi connectivity index (χ0n) is 5.60. The van der Waals surface area contributed by atoms with E-state index in [2.05, 4.69) is 4.98 Å². The maximum Gasteiger partial charge on any atom is 0.354 e. The highest BCUT2D eigenvalue weighted by molar-refractivity contribution is 6.34. The molecule has 1 heterocycles. The standard InChI is InChI=1S/C6H3Cl2NO3/c7-3-1-2(10)4(8)5(9-3)6(11)12/h1H,(H,9,10)(H,11,12). The van der Waals surface area contributed by atoms with E-state index < -0.39 is 17.1 Å². The van der Waals surface area contributed by atoms with Gasteiger partial charge in [0.25, 0.3) is 0 Å². The Kier molecular flexibility index (Phi) is 2.40. The molecule has 6 heteroatoms. The zero-order valence-corrected chi connectivity index (χ0v) is 7.11. The van der Waals surface area contributed by atoms with Crippen molar-refractivity contribution in [3.63, 3.8) is 0 Å². The summed E-state index contributed by atoms with van der Waals surface area (Å²) in [4.78, 5) is 23.5. The Bertz CT molecular complexity index is 385. The lowest BCUT2D eigenvalue weighted by atomic mass is 10.3. The van der Waals surface area contributed by atoms with E-state index in [1.165, 1.54) is 0 Å². The number of carbonyl (C=O) groups is 1. The molecular weight excluding hydrogens is 205 g/mol. The van der Waals surface area contributed by atoms with Crippen LogP contribution < -0.4 is 5.43 Å². The Morgan fingerprint density at radius 2 is 2.08 bits per heavy atom. The van der Waals surface area contributed by atoms with Crippen LogP contribution in [0.25, 0.3) is 0 Å². The van der Waals surface area contributed by atoms with Gasteiger partial charge in [-0.25, -0.2) is 4.79 Å². The molecule has 0 bridgehead atoms. The van der Waals surface area contributed by atoms with Crippen LogP contribution in [0.5, 0.6) is 0 Å². The lowest BCUT2D eigenvalue weighted by Gasteiger charge is -1.97. The zero-order chi connectivity index (χ0) is 9.30. The van der Waals surface area contributed by atoms with Crippen LogP contribution in [0.2, 0.25) is 10.2 Å². The van der Waals surface area contributed by atoms with Gasteiger partial charge in [-0.1, -0.05) is 23.2 Å². The second kappa shape index (κ2) is 3.16. The summed E-state index contributed by atoms with van der Waals surface area (Å²) >= 11 is 10.8. The predicted octanol–water partition coefficient (Wildman–Crippen LogP) is 1.38. The summed E-state index contributed by atoms with van der Waals surface area (Å²) in [6.07, 6.45) is 0. The third kappa shape index (κ3) is 1.60. The van der Waals surface area contributed by atoms with Crippen molar-refractivity contribution < 1.29 is 9.90 Å². The number of nitrogens with one attached hydrogen (secondary N) is 1. The molecule has 12 heavy (non-hydrogen) atoms. The van der Waals surface area contributed by atoms with E-state index in [0.29, 0.717) is 0 Å². The first-order valence-electron chi connectivity index (χ1n) is 2.84. The molecule has 0 unspecified atom stereocenters. The minimum absolute atomic E-state index is 0.0539. The van der Waals surface area contributed by atoms with Crippen molar-refractivity contribution >= 4 is 29.2 Å². The first-order valence-corrected chi connectivity index (χ1v) is 3.59. The third-order valence-corrected chi connectivity index (χ3v) is 1.73. The molecule has 0 amide bonds. The van der Waals surface area contributed by atoms with Gasteiger partial charge in [0.05, 0.1) is 0 Å². The number of pyridine rings is 1. The first kappa shape index (κ1) is 9.09. The molecule has 0 aliphatic carbocycles. The molecule has 4 nitrogen and oxygen atoms in total. The molecule has 1 aromatic rings. The van der Waals surface area contributed by atoms with E-state index in [1.54, 1.807) is 0 Å². The van der Waals surface area contributed by atoms with E-state index in [4.69, 9.17) is 28.3 Å². The normalized spacial score (nSPS) is 9.83. The topological polar surface area (TPSA) is 70.2 Å². The van der Waals surface area contributed by atoms with Crippen LogP contribution >= 0.6 is 23.2 Å². The summed E-state index contributed by atoms with van der Waals surface area (Å²) < 4.78 is 0. The molecular formula is C6H3Cl2NO3. The Balaban J connectivity index is 3.48. The van der Waals surface area contributed by atoms with Gasteiger partial charge in [0.15, 0.2) is 0 Å². The molecule has 0 aliphatic heterocycles. The summed E-state index contributed by atoms with van der Waals surface area (Å²) in [5.74, 6) is -1.32. The van der Waals surface area contributed by atoms with Gasteiger partial charge in [0.2, 0.25) is 5.43 Å². The maximum absolute atomic E-state index is 10.9. The summed E-state index contributed by atoms with van der Waals surface area (Å²) in [5, 5.41) is 8.08. The molecule has 1 rings (SSSR count). The van der Waals surface area contributed by atoms with Gasteiger partial charge in [-0.3, -0.25) is 4.79 Å². The molecule has 0 radical (unpaired) electrons. The monoisotopic (exact) mass is 207 g/mol. The fourth-order valence-electron chi connectivity index (χ4n) is 0.659. The largest absolute Gasteiger partial charge is 0.477 e. The molecule has 0 aromatic carbocycles. The van der Waals surface area contributed by atoms with Crippen LogP contribution in [0.4, 0.5) is 0 Å². The second-order valence-corrected chi connectivity index (χ2v) is 2.76. The molecule has 64 valence electrons. The lowest BCUT2D eigenvalue weighted by molar-refractivity contribution is 0.0690. The molecule has 0 aliphatic rings. The van der Waals surface area contributed by atoms with Crippen molar-refractivity contribution in [3.05, 3.63) is 32.2 Å². The number of carboxylic acids is 1. The number of aromatic carboxylic acids is 1. The van der Waals surface area contributed by atoms with Crippen molar-refractivity contribution in [2.24, 2.45) is 0 Å². The number of H-pyrrole nitrogens is 1. The fourth-order valence-corrected chi connectivity index (χ4v) is 1.04. The highest BCUT2D eigenvalue weighted by Gasteiger charge is 2.12. The fraction of sp³-hybridized carbons (Fsp3) is 0. The van der Waals surface area contributed by atoms with E-state index in [0.717, 1.165) is 6.07 Å². The van der Waals surface area contributed by atoms with Crippen molar-refractivity contribution in [1.82, 2.24) is 4.98 Å². The molecule has 0 spiro atoms. The summed E-state index contributed by atoms with van der Waals surface area (Å²) in [6.45, 7) is 0. The quantitative estimate of drug-likeness (QED) is 0.684. The Labute approximate surface area is 76.7 Å². The SMILES string of the molecule is O=C(O)c1[nH]c(Cl)cc(=O)c1Cl. The number of aromatic amines is 1. The predicted molar refractivity (Wildman–Crippen MR) is 44.0 cm³/mol. The van der Waals surface area contributed by atoms with Crippen LogP contribution in [-0.2, 0) is 0 Å². The highest BCUT2D eigenvalue weighted by Crippen LogP contribution is 2.11. The van der Waals surface area contributed by atoms with Crippen molar-refractivity contribution in [3.8, 4) is 0 Å². The number of rotatable bonds is 1. The number of carboxylic acid groups (broad SMARTS) is 1. The molecule has 0 saturated carbocycles. The number of hydrogen-bond donors (Lipinski definition) is 2. The number of hydrogen-bond acceptors (Lipinski definition) is 2. The van der Waals surface area contributed by atoms with E-state index in [1.807, 2.05) is 0 Å². The van der Waals surface area contributed by atoms with Crippen LogP contribution in [-0.4, -0.2) is 16.1 Å². The van der Waals surface area contributed by atoms with Crippen molar-refractivity contribution in [2.75, 3.05) is 0 Å². The molecule has 2 N–H and O–H groups in total. The molecule has 0 saturated heterocycles. The van der Waals surface area contributed by atoms with Crippen LogP contribution in [0, 0.1) is 0 Å². The Morgan fingerprint density at radius 1 is 1.50 bits per heavy atom. The average molecular weight is 208 g/mol. The van der Waals surface area contributed by atoms with Crippen molar-refractivity contribution in [1.29, 1.82) is 0 Å². The maximum atomic E-state index is 10.9. The van der Waals surface area contributed by atoms with Crippen LogP contribution in [0.1, 0.15) is 10.5 Å². The van der Waals surface area contributed by atoms with E-state index in [9.17, 15) is 9.59 Å². The summed E-state index contributed by atoms with van der Waals surface area (Å²) in [6, 6.07) is 1.01. The molecule has 0 atom stereocenters. The third-order valence-electron chi connectivity index (χ3n) is 1.15. The number of halogens is 2. The average Bonchev–Trinajstić information content (AvgIpc) is 1.96. The van der Waals surface area contributed by atoms with Gasteiger partial charge in [-0.15, -0.1) is 0 Å². The van der Waals surface area contributed by atoms with Gasteiger partial charge >= 0.3 is 5.97 Å². The van der Waals surface area contributed by atoms with Crippen molar-refractivity contribution in [2.45, 2.75) is 0 Å². The lowest BCUT2D eigenvalue weighted by Crippen LogP contribution is -2.10. The highest BCUT2D eigenvalue weighted by atomic mass is 35.5. The Morgan fingerprint density at radius 3 is 2.58 bits per heavy atom. The van der Waals surface area contributed by atoms with Gasteiger partial charge in [0, 0.05) is 6.07 Å². The Hall–Kier alpha value is -1.00. The number of aromatic nitrogens is 1. The van der Waals surface area contributed by atoms with Gasteiger partial charge < -0.3 is 10.1 Å². The minimum atomic E-state index is -1.32. The van der Waals surface area contributed by atoms with Gasteiger partial charge in [0.1, 0.15) is 15.9 Å².